The van der Waals surface area contributed by atoms with Crippen LogP contribution in [0.5, 0.6) is 5.88 Å². The van der Waals surface area contributed by atoms with Crippen molar-refractivity contribution in [3.8, 4) is 17.1 Å². The van der Waals surface area contributed by atoms with Gasteiger partial charge in [0.25, 0.3) is 5.91 Å². The molecule has 4 N–H and O–H groups in total. The highest BCUT2D eigenvalue weighted by Crippen LogP contribution is 2.29. The zero-order valence-electron chi connectivity index (χ0n) is 17.2. The first-order valence-corrected chi connectivity index (χ1v) is 9.98. The Morgan fingerprint density at radius 3 is 2.91 bits per heavy atom. The van der Waals surface area contributed by atoms with Gasteiger partial charge < -0.3 is 15.8 Å². The maximum Gasteiger partial charge on any atom is 0.270 e. The first-order chi connectivity index (χ1) is 15.6. The molecule has 0 unspecified atom stereocenters. The average Bonchev–Trinajstić information content (AvgIpc) is 3.49. The van der Waals surface area contributed by atoms with E-state index in [0.717, 1.165) is 27.5 Å². The Morgan fingerprint density at radius 2 is 2.09 bits per heavy atom. The topological polar surface area (TPSA) is 137 Å². The normalized spacial score (nSPS) is 11.2. The van der Waals surface area contributed by atoms with Gasteiger partial charge in [-0.2, -0.15) is 10.2 Å². The van der Waals surface area contributed by atoms with Gasteiger partial charge in [-0.25, -0.2) is 9.97 Å². The molecule has 0 aliphatic carbocycles. The number of nitrogens with two attached hydrogens (primary N) is 1. The number of fused-ring (bicyclic) bond motifs is 3. The van der Waals surface area contributed by atoms with Crippen LogP contribution in [0.15, 0.2) is 54.9 Å². The number of nitrogen functional groups attached to an aromatic ring is 1. The summed E-state index contributed by atoms with van der Waals surface area (Å²) < 4.78 is 6.81. The summed E-state index contributed by atoms with van der Waals surface area (Å²) in [7, 11) is 1.51. The Morgan fingerprint density at radius 1 is 1.19 bits per heavy atom. The summed E-state index contributed by atoms with van der Waals surface area (Å²) in [6, 6.07) is 12.9. The van der Waals surface area contributed by atoms with E-state index in [4.69, 9.17) is 10.5 Å². The second kappa shape index (κ2) is 7.99. The number of hydrogen-bond donors (Lipinski definition) is 3. The third-order valence-electron chi connectivity index (χ3n) is 5.12. The smallest absolute Gasteiger partial charge is 0.270 e. The van der Waals surface area contributed by atoms with Gasteiger partial charge in [-0.3, -0.25) is 14.6 Å². The van der Waals surface area contributed by atoms with Crippen LogP contribution in [0.4, 0.5) is 5.82 Å². The van der Waals surface area contributed by atoms with Gasteiger partial charge in [-0.05, 0) is 18.2 Å². The molecule has 160 valence electrons. The minimum atomic E-state index is -0.280. The van der Waals surface area contributed by atoms with Crippen molar-refractivity contribution >= 4 is 33.5 Å². The molecule has 0 bridgehead atoms. The molecule has 4 aromatic heterocycles. The molecule has 0 radical (unpaired) electrons. The number of ether oxygens (including phenoxy) is 1. The number of carbonyl (C=O) groups excluding carboxylic acids is 1. The number of nitrogens with zero attached hydrogens (tertiary/aromatic N) is 5. The SMILES string of the molecule is COc1cccc(C(=O)NCCn2cc3c(n2)c(N)nc2cc(-c4cc[nH]n4)ccc23)n1. The number of rotatable bonds is 6. The van der Waals surface area contributed by atoms with Crippen LogP contribution in [-0.2, 0) is 6.54 Å². The molecule has 10 nitrogen and oxygen atoms in total. The van der Waals surface area contributed by atoms with Crippen molar-refractivity contribution in [3.63, 3.8) is 0 Å². The van der Waals surface area contributed by atoms with Gasteiger partial charge >= 0.3 is 0 Å². The summed E-state index contributed by atoms with van der Waals surface area (Å²) in [5.41, 5.74) is 9.67. The molecule has 0 saturated carbocycles. The number of hydrogen-bond acceptors (Lipinski definition) is 7. The zero-order chi connectivity index (χ0) is 22.1. The number of aromatic amines is 1. The van der Waals surface area contributed by atoms with Crippen LogP contribution >= 0.6 is 0 Å². The van der Waals surface area contributed by atoms with Gasteiger partial charge in [-0.15, -0.1) is 0 Å². The molecule has 0 spiro atoms. The fourth-order valence-corrected chi connectivity index (χ4v) is 3.57. The molecule has 5 rings (SSSR count). The number of benzene rings is 1. The van der Waals surface area contributed by atoms with Crippen LogP contribution in [0.3, 0.4) is 0 Å². The van der Waals surface area contributed by atoms with E-state index in [1.54, 1.807) is 29.1 Å². The van der Waals surface area contributed by atoms with Gasteiger partial charge in [0.15, 0.2) is 5.82 Å². The number of anilines is 1. The van der Waals surface area contributed by atoms with Crippen LogP contribution < -0.4 is 15.8 Å². The summed E-state index contributed by atoms with van der Waals surface area (Å²) in [6.45, 7) is 0.844. The summed E-state index contributed by atoms with van der Waals surface area (Å²) in [5.74, 6) is 0.467. The lowest BCUT2D eigenvalue weighted by Crippen LogP contribution is -2.28. The van der Waals surface area contributed by atoms with Crippen molar-refractivity contribution in [2.75, 3.05) is 19.4 Å². The predicted octanol–water partition coefficient (Wildman–Crippen LogP) is 2.39. The summed E-state index contributed by atoms with van der Waals surface area (Å²) in [4.78, 5) is 21.0. The van der Waals surface area contributed by atoms with Crippen LogP contribution in [0.2, 0.25) is 0 Å². The maximum atomic E-state index is 12.3. The van der Waals surface area contributed by atoms with E-state index in [0.29, 0.717) is 36.0 Å². The molecule has 0 fully saturated rings. The van der Waals surface area contributed by atoms with Crippen LogP contribution in [-0.4, -0.2) is 49.5 Å². The number of pyridine rings is 2. The van der Waals surface area contributed by atoms with Crippen molar-refractivity contribution in [2.45, 2.75) is 6.54 Å². The van der Waals surface area contributed by atoms with Crippen molar-refractivity contribution in [1.29, 1.82) is 0 Å². The first kappa shape index (κ1) is 19.5. The highest BCUT2D eigenvalue weighted by atomic mass is 16.5. The fraction of sp³-hybridized carbons (Fsp3) is 0.136. The highest BCUT2D eigenvalue weighted by molar-refractivity contribution is 6.08. The minimum Gasteiger partial charge on any atom is -0.481 e. The Hall–Kier alpha value is -4.47. The standard InChI is InChI=1S/C22H20N8O2/c1-32-19-4-2-3-17(26-19)22(31)24-9-10-30-12-15-14-6-5-13(16-7-8-25-28-16)11-18(14)27-21(23)20(15)29-30/h2-8,11-12H,9-10H2,1H3,(H2,23,27)(H,24,31)(H,25,28). The molecular weight excluding hydrogens is 408 g/mol. The Kier molecular flexibility index (Phi) is 4.86. The van der Waals surface area contributed by atoms with Gasteiger partial charge in [0, 0.05) is 41.3 Å². The molecule has 0 atom stereocenters. The molecule has 4 heterocycles. The number of carbonyl (C=O) groups is 1. The van der Waals surface area contributed by atoms with Crippen LogP contribution in [0, 0.1) is 0 Å². The van der Waals surface area contributed by atoms with Crippen LogP contribution in [0.25, 0.3) is 33.1 Å². The molecule has 32 heavy (non-hydrogen) atoms. The monoisotopic (exact) mass is 428 g/mol. The summed E-state index contributed by atoms with van der Waals surface area (Å²) >= 11 is 0. The predicted molar refractivity (Wildman–Crippen MR) is 120 cm³/mol. The maximum absolute atomic E-state index is 12.3. The fourth-order valence-electron chi connectivity index (χ4n) is 3.57. The zero-order valence-corrected chi connectivity index (χ0v) is 17.2. The van der Waals surface area contributed by atoms with E-state index < -0.39 is 0 Å². The lowest BCUT2D eigenvalue weighted by molar-refractivity contribution is 0.0946. The molecule has 1 amide bonds. The second-order valence-electron chi connectivity index (χ2n) is 7.16. The van der Waals surface area contributed by atoms with E-state index in [9.17, 15) is 4.79 Å². The molecule has 1 aromatic carbocycles. The van der Waals surface area contributed by atoms with E-state index in [1.807, 2.05) is 30.5 Å². The number of methoxy groups -OCH3 is 1. The van der Waals surface area contributed by atoms with Gasteiger partial charge in [0.2, 0.25) is 5.88 Å². The molecule has 10 heteroatoms. The average molecular weight is 428 g/mol. The van der Waals surface area contributed by atoms with Crippen molar-refractivity contribution in [2.24, 2.45) is 0 Å². The van der Waals surface area contributed by atoms with Crippen molar-refractivity contribution in [1.82, 2.24) is 35.3 Å². The minimum absolute atomic E-state index is 0.280. The lowest BCUT2D eigenvalue weighted by Gasteiger charge is -2.06. The van der Waals surface area contributed by atoms with Crippen molar-refractivity contribution in [3.05, 3.63) is 60.6 Å². The number of H-pyrrole nitrogens is 1. The van der Waals surface area contributed by atoms with E-state index >= 15 is 0 Å². The third-order valence-corrected chi connectivity index (χ3v) is 5.12. The highest BCUT2D eigenvalue weighted by Gasteiger charge is 2.13. The van der Waals surface area contributed by atoms with E-state index in [1.165, 1.54) is 7.11 Å². The number of amides is 1. The van der Waals surface area contributed by atoms with Gasteiger partial charge in [-0.1, -0.05) is 18.2 Å². The third kappa shape index (κ3) is 3.58. The number of aromatic nitrogens is 6. The lowest BCUT2D eigenvalue weighted by atomic mass is 10.1. The van der Waals surface area contributed by atoms with Gasteiger partial charge in [0.1, 0.15) is 11.2 Å². The quantitative estimate of drug-likeness (QED) is 0.378. The van der Waals surface area contributed by atoms with Crippen molar-refractivity contribution < 1.29 is 9.53 Å². The number of nitrogens with one attached hydrogen (secondary N) is 2. The summed E-state index contributed by atoms with van der Waals surface area (Å²) in [6.07, 6.45) is 3.69. The molecule has 5 aromatic rings. The Balaban J connectivity index is 1.36. The summed E-state index contributed by atoms with van der Waals surface area (Å²) in [5, 5.41) is 16.3. The van der Waals surface area contributed by atoms with Crippen LogP contribution in [0.1, 0.15) is 10.5 Å². The molecular formula is C22H20N8O2. The van der Waals surface area contributed by atoms with E-state index in [2.05, 4.69) is 30.6 Å². The second-order valence-corrected chi connectivity index (χ2v) is 7.16. The molecule has 0 saturated heterocycles. The van der Waals surface area contributed by atoms with Gasteiger partial charge in [0.05, 0.1) is 24.9 Å². The van der Waals surface area contributed by atoms with E-state index in [-0.39, 0.29) is 5.91 Å². The Labute approximate surface area is 182 Å². The first-order valence-electron chi connectivity index (χ1n) is 9.98. The largest absolute Gasteiger partial charge is 0.481 e. The Bertz CT molecular complexity index is 1430. The molecule has 0 aliphatic rings. The molecule has 0 aliphatic heterocycles.